The Labute approximate surface area is 146 Å². The van der Waals surface area contributed by atoms with Crippen LogP contribution in [0, 0.1) is 11.6 Å². The van der Waals surface area contributed by atoms with Crippen molar-refractivity contribution in [3.63, 3.8) is 0 Å². The Hall–Kier alpha value is -2.75. The lowest BCUT2D eigenvalue weighted by atomic mass is 9.84. The third-order valence-electron chi connectivity index (χ3n) is 4.27. The molecule has 1 heterocycles. The highest BCUT2D eigenvalue weighted by Crippen LogP contribution is 2.25. The lowest BCUT2D eigenvalue weighted by Gasteiger charge is -2.26. The van der Waals surface area contributed by atoms with E-state index >= 15 is 0 Å². The standard InChI is InChI=1S/C21H20F2N2/c1-21(2,17-5-9-19(23)10-6-17)14-25-20-13-16(11-12-24-20)15-3-7-18(22)8-4-15/h3-13H,14H2,1-2H3,(H,24,25). The van der Waals surface area contributed by atoms with Gasteiger partial charge in [0.1, 0.15) is 17.5 Å². The van der Waals surface area contributed by atoms with E-state index in [0.29, 0.717) is 6.54 Å². The van der Waals surface area contributed by atoms with Crippen molar-refractivity contribution in [3.8, 4) is 11.1 Å². The van der Waals surface area contributed by atoms with Crippen LogP contribution in [0.2, 0.25) is 0 Å². The summed E-state index contributed by atoms with van der Waals surface area (Å²) < 4.78 is 26.2. The Morgan fingerprint density at radius 2 is 1.44 bits per heavy atom. The van der Waals surface area contributed by atoms with Crippen LogP contribution < -0.4 is 5.32 Å². The number of halogens is 2. The molecule has 128 valence electrons. The maximum absolute atomic E-state index is 13.1. The van der Waals surface area contributed by atoms with Gasteiger partial charge in [-0.25, -0.2) is 13.8 Å². The van der Waals surface area contributed by atoms with Gasteiger partial charge in [-0.15, -0.1) is 0 Å². The molecule has 0 saturated heterocycles. The first-order valence-electron chi connectivity index (χ1n) is 8.16. The zero-order valence-corrected chi connectivity index (χ0v) is 14.3. The molecule has 0 aliphatic heterocycles. The van der Waals surface area contributed by atoms with Gasteiger partial charge in [0.2, 0.25) is 0 Å². The molecule has 0 aliphatic rings. The summed E-state index contributed by atoms with van der Waals surface area (Å²) in [5, 5.41) is 3.34. The van der Waals surface area contributed by atoms with Crippen molar-refractivity contribution in [2.45, 2.75) is 19.3 Å². The predicted molar refractivity (Wildman–Crippen MR) is 97.5 cm³/mol. The Morgan fingerprint density at radius 3 is 2.08 bits per heavy atom. The molecule has 0 radical (unpaired) electrons. The van der Waals surface area contributed by atoms with Gasteiger partial charge in [-0.05, 0) is 53.1 Å². The Kier molecular flexibility index (Phi) is 4.79. The average molecular weight is 338 g/mol. The quantitative estimate of drug-likeness (QED) is 0.672. The number of pyridine rings is 1. The predicted octanol–water partition coefficient (Wildman–Crippen LogP) is 5.42. The molecule has 2 nitrogen and oxygen atoms in total. The van der Waals surface area contributed by atoms with Crippen LogP contribution in [0.5, 0.6) is 0 Å². The molecule has 0 atom stereocenters. The second kappa shape index (κ2) is 7.01. The van der Waals surface area contributed by atoms with Crippen molar-refractivity contribution in [1.82, 2.24) is 4.98 Å². The summed E-state index contributed by atoms with van der Waals surface area (Å²) in [7, 11) is 0. The van der Waals surface area contributed by atoms with E-state index in [1.807, 2.05) is 12.1 Å². The molecule has 1 N–H and O–H groups in total. The summed E-state index contributed by atoms with van der Waals surface area (Å²) in [6.07, 6.45) is 1.73. The average Bonchev–Trinajstić information content (AvgIpc) is 2.61. The fourth-order valence-corrected chi connectivity index (χ4v) is 2.66. The minimum Gasteiger partial charge on any atom is -0.369 e. The van der Waals surface area contributed by atoms with Crippen LogP contribution in [0.3, 0.4) is 0 Å². The summed E-state index contributed by atoms with van der Waals surface area (Å²) in [5.41, 5.74) is 2.78. The van der Waals surface area contributed by atoms with Crippen molar-refractivity contribution in [2.75, 3.05) is 11.9 Å². The third kappa shape index (κ3) is 4.21. The summed E-state index contributed by atoms with van der Waals surface area (Å²) in [4.78, 5) is 4.35. The molecular weight excluding hydrogens is 318 g/mol. The molecule has 4 heteroatoms. The van der Waals surface area contributed by atoms with Crippen molar-refractivity contribution >= 4 is 5.82 Å². The molecule has 0 spiro atoms. The molecule has 0 fully saturated rings. The number of rotatable bonds is 5. The molecule has 3 aromatic rings. The number of benzene rings is 2. The lowest BCUT2D eigenvalue weighted by Crippen LogP contribution is -2.27. The highest BCUT2D eigenvalue weighted by Gasteiger charge is 2.20. The molecule has 1 aromatic heterocycles. The van der Waals surface area contributed by atoms with E-state index in [1.165, 1.54) is 24.3 Å². The maximum Gasteiger partial charge on any atom is 0.126 e. The number of hydrogen-bond acceptors (Lipinski definition) is 2. The number of nitrogens with one attached hydrogen (secondary N) is 1. The van der Waals surface area contributed by atoms with E-state index in [-0.39, 0.29) is 17.0 Å². The van der Waals surface area contributed by atoms with Crippen LogP contribution in [0.15, 0.2) is 66.9 Å². The molecule has 0 unspecified atom stereocenters. The number of anilines is 1. The van der Waals surface area contributed by atoms with Gasteiger partial charge in [0.05, 0.1) is 0 Å². The number of hydrogen-bond donors (Lipinski definition) is 1. The zero-order valence-electron chi connectivity index (χ0n) is 14.3. The third-order valence-corrected chi connectivity index (χ3v) is 4.27. The van der Waals surface area contributed by atoms with Crippen molar-refractivity contribution in [3.05, 3.63) is 84.1 Å². The topological polar surface area (TPSA) is 24.9 Å². The summed E-state index contributed by atoms with van der Waals surface area (Å²) in [6.45, 7) is 4.84. The van der Waals surface area contributed by atoms with Gasteiger partial charge in [0.15, 0.2) is 0 Å². The minimum absolute atomic E-state index is 0.179. The zero-order chi connectivity index (χ0) is 17.9. The van der Waals surface area contributed by atoms with Crippen LogP contribution >= 0.6 is 0 Å². The normalized spacial score (nSPS) is 11.4. The molecule has 0 saturated carbocycles. The Balaban J connectivity index is 1.74. The second-order valence-corrected chi connectivity index (χ2v) is 6.68. The monoisotopic (exact) mass is 338 g/mol. The Bertz CT molecular complexity index is 841. The largest absolute Gasteiger partial charge is 0.369 e. The summed E-state index contributed by atoms with van der Waals surface area (Å²) in [6, 6.07) is 16.8. The lowest BCUT2D eigenvalue weighted by molar-refractivity contribution is 0.552. The van der Waals surface area contributed by atoms with Gasteiger partial charge in [-0.2, -0.15) is 0 Å². The molecule has 3 rings (SSSR count). The van der Waals surface area contributed by atoms with Crippen LogP contribution in [0.25, 0.3) is 11.1 Å². The fourth-order valence-electron chi connectivity index (χ4n) is 2.66. The number of aromatic nitrogens is 1. The number of nitrogens with zero attached hydrogens (tertiary/aromatic N) is 1. The maximum atomic E-state index is 13.1. The molecular formula is C21H20F2N2. The fraction of sp³-hybridized carbons (Fsp3) is 0.190. The summed E-state index contributed by atoms with van der Waals surface area (Å²) >= 11 is 0. The molecule has 0 bridgehead atoms. The van der Waals surface area contributed by atoms with E-state index < -0.39 is 0 Å². The van der Waals surface area contributed by atoms with Gasteiger partial charge in [0.25, 0.3) is 0 Å². The van der Waals surface area contributed by atoms with Gasteiger partial charge in [-0.3, -0.25) is 0 Å². The molecule has 2 aromatic carbocycles. The smallest absolute Gasteiger partial charge is 0.126 e. The Morgan fingerprint density at radius 1 is 0.840 bits per heavy atom. The van der Waals surface area contributed by atoms with E-state index in [4.69, 9.17) is 0 Å². The molecule has 0 amide bonds. The first-order chi connectivity index (χ1) is 11.9. The van der Waals surface area contributed by atoms with Gasteiger partial charge >= 0.3 is 0 Å². The van der Waals surface area contributed by atoms with E-state index in [2.05, 4.69) is 24.1 Å². The van der Waals surface area contributed by atoms with Crippen LogP contribution in [-0.4, -0.2) is 11.5 Å². The van der Waals surface area contributed by atoms with Crippen LogP contribution in [0.1, 0.15) is 19.4 Å². The van der Waals surface area contributed by atoms with Crippen molar-refractivity contribution < 1.29 is 8.78 Å². The van der Waals surface area contributed by atoms with E-state index in [0.717, 1.165) is 22.5 Å². The first kappa shape index (κ1) is 17.1. The first-order valence-corrected chi connectivity index (χ1v) is 8.16. The van der Waals surface area contributed by atoms with Gasteiger partial charge < -0.3 is 5.32 Å². The van der Waals surface area contributed by atoms with Crippen LogP contribution in [0.4, 0.5) is 14.6 Å². The van der Waals surface area contributed by atoms with Crippen molar-refractivity contribution in [1.29, 1.82) is 0 Å². The van der Waals surface area contributed by atoms with Crippen molar-refractivity contribution in [2.24, 2.45) is 0 Å². The highest BCUT2D eigenvalue weighted by atomic mass is 19.1. The SMILES string of the molecule is CC(C)(CNc1cc(-c2ccc(F)cc2)ccn1)c1ccc(F)cc1. The minimum atomic E-state index is -0.253. The van der Waals surface area contributed by atoms with Gasteiger partial charge in [-0.1, -0.05) is 38.1 Å². The summed E-state index contributed by atoms with van der Waals surface area (Å²) in [5.74, 6) is 0.260. The second-order valence-electron chi connectivity index (χ2n) is 6.68. The van der Waals surface area contributed by atoms with Gasteiger partial charge in [0, 0.05) is 18.2 Å². The molecule has 0 aliphatic carbocycles. The van der Waals surface area contributed by atoms with E-state index in [9.17, 15) is 8.78 Å². The van der Waals surface area contributed by atoms with E-state index in [1.54, 1.807) is 30.5 Å². The molecule has 25 heavy (non-hydrogen) atoms. The highest BCUT2D eigenvalue weighted by molar-refractivity contribution is 5.66. The van der Waals surface area contributed by atoms with Crippen LogP contribution in [-0.2, 0) is 5.41 Å².